The lowest BCUT2D eigenvalue weighted by atomic mass is 9.97. The summed E-state index contributed by atoms with van der Waals surface area (Å²) in [5.41, 5.74) is -0.969. The van der Waals surface area contributed by atoms with Crippen LogP contribution in [-0.4, -0.2) is 101 Å². The van der Waals surface area contributed by atoms with Gasteiger partial charge >= 0.3 is 7.32 Å². The van der Waals surface area contributed by atoms with Gasteiger partial charge in [0.1, 0.15) is 9.92 Å². The zero-order chi connectivity index (χ0) is 46.9. The Labute approximate surface area is 368 Å². The summed E-state index contributed by atoms with van der Waals surface area (Å²) in [6.45, 7) is 62.8. The molecule has 0 saturated carbocycles. The summed E-state index contributed by atoms with van der Waals surface area (Å²) < 4.78 is 11.5. The second-order valence-electron chi connectivity index (χ2n) is 24.0. The van der Waals surface area contributed by atoms with Crippen molar-refractivity contribution < 1.29 is 24.2 Å². The van der Waals surface area contributed by atoms with Crippen LogP contribution in [0, 0.1) is 0 Å². The van der Waals surface area contributed by atoms with Crippen molar-refractivity contribution in [3.05, 3.63) is 0 Å². The van der Waals surface area contributed by atoms with Gasteiger partial charge in [0, 0.05) is 48.3 Å². The molecule has 2 N–H and O–H groups in total. The lowest BCUT2D eigenvalue weighted by Crippen LogP contribution is -2.56. The van der Waals surface area contributed by atoms with Gasteiger partial charge in [0.25, 0.3) is 10.4 Å². The Hall–Kier alpha value is -0.305. The Morgan fingerprint density at radius 3 is 0.875 bits per heavy atom. The average Bonchev–Trinajstić information content (AvgIpc) is 2.67. The fourth-order valence-electron chi connectivity index (χ4n) is 5.90. The fourth-order valence-corrected chi connectivity index (χ4v) is 10.3. The maximum atomic E-state index is 12.3. The summed E-state index contributed by atoms with van der Waals surface area (Å²) in [4.78, 5) is 18.8. The molecule has 0 aromatic heterocycles. The largest absolute Gasteiger partial charge is 0.634 e. The van der Waals surface area contributed by atoms with Crippen molar-refractivity contribution in [1.29, 1.82) is 0 Å². The molecule has 0 aliphatic heterocycles. The molecule has 0 aliphatic rings. The number of amides is 1. The summed E-state index contributed by atoms with van der Waals surface area (Å²) in [5.74, 6) is 0. The Bertz CT molecular complexity index is 1020. The van der Waals surface area contributed by atoms with E-state index < -0.39 is 12.9 Å². The van der Waals surface area contributed by atoms with E-state index in [4.69, 9.17) is 39.2 Å². The van der Waals surface area contributed by atoms with Gasteiger partial charge in [0.05, 0.1) is 0 Å². The van der Waals surface area contributed by atoms with Crippen LogP contribution in [-0.2, 0) is 9.39 Å². The normalized spacial score (nSPS) is 13.4. The van der Waals surface area contributed by atoms with Crippen LogP contribution in [0.3, 0.4) is 0 Å². The number of carbonyl (C=O) groups excluding carboxylic acids is 1. The van der Waals surface area contributed by atoms with E-state index in [-0.39, 0.29) is 53.6 Å². The predicted octanol–water partition coefficient (Wildman–Crippen LogP) is 13.0. The number of ether oxygens (including phenoxy) is 1. The van der Waals surface area contributed by atoms with E-state index in [0.717, 1.165) is 4.32 Å². The third kappa shape index (κ3) is 32.5. The lowest BCUT2D eigenvalue weighted by molar-refractivity contribution is 0.0382. The number of hydrogen-bond acceptors (Lipinski definition) is 9. The Morgan fingerprint density at radius 1 is 0.446 bits per heavy atom. The standard InChI is InChI=1S/2C13H27NOS.C13H27NS2.C4H11BO3/c1-11(2,3)14(12(4,5)6)10(15)16-13(7,8)9;1-11(2,3)14(12(4,5)6)10(16)15-13(7,8)9;1-11(2,3)14(12(4,5)6)10(15)16-13(7,8)9;1-4(2,3)8-5(6)7/h3*1-9H3;6-7H,1-3H3. The lowest BCUT2D eigenvalue weighted by Gasteiger charge is -2.47. The van der Waals surface area contributed by atoms with Gasteiger partial charge < -0.3 is 34.1 Å². The highest BCUT2D eigenvalue weighted by atomic mass is 32.2. The van der Waals surface area contributed by atoms with Gasteiger partial charge in [-0.1, -0.05) is 77.3 Å². The van der Waals surface area contributed by atoms with E-state index in [9.17, 15) is 4.79 Å². The van der Waals surface area contributed by atoms with Crippen molar-refractivity contribution in [3.63, 3.8) is 0 Å². The second-order valence-corrected chi connectivity index (χ2v) is 28.6. The first-order chi connectivity index (χ1) is 23.7. The van der Waals surface area contributed by atoms with Crippen LogP contribution >= 0.6 is 48.0 Å². The van der Waals surface area contributed by atoms with Crippen molar-refractivity contribution in [1.82, 2.24) is 14.7 Å². The molecule has 0 rings (SSSR count). The summed E-state index contributed by atoms with van der Waals surface area (Å²) in [7, 11) is -1.66. The van der Waals surface area contributed by atoms with E-state index >= 15 is 0 Å². The summed E-state index contributed by atoms with van der Waals surface area (Å²) >= 11 is 14.2. The van der Waals surface area contributed by atoms with Crippen LogP contribution in [0.25, 0.3) is 0 Å². The predicted molar refractivity (Wildman–Crippen MR) is 261 cm³/mol. The SMILES string of the molecule is CC(C)(C)OB(O)O.CC(C)(C)OC(=S)N(C(C)(C)C)C(C)(C)C.CC(C)(C)SC(=O)N(C(C)(C)C)C(C)(C)C.CC(C)(C)SC(=S)N(C(C)(C)C)C(C)(C)C. The Balaban J connectivity index is -0.000000330. The number of nitrogens with zero attached hydrogens (tertiary/aromatic N) is 3. The first-order valence-electron chi connectivity index (χ1n) is 19.8. The third-order valence-corrected chi connectivity index (χ3v) is 8.85. The van der Waals surface area contributed by atoms with Crippen molar-refractivity contribution >= 4 is 70.0 Å². The second kappa shape index (κ2) is 22.0. The molecule has 0 fully saturated rings. The van der Waals surface area contributed by atoms with E-state index in [0.29, 0.717) is 5.17 Å². The molecule has 0 bridgehead atoms. The van der Waals surface area contributed by atoms with Crippen LogP contribution in [0.4, 0.5) is 4.79 Å². The van der Waals surface area contributed by atoms with Crippen LogP contribution < -0.4 is 0 Å². The minimum absolute atomic E-state index is 0.0359. The van der Waals surface area contributed by atoms with E-state index in [1.807, 2.05) is 25.7 Å². The van der Waals surface area contributed by atoms with Gasteiger partial charge in [-0.25, -0.2) is 0 Å². The first kappa shape index (κ1) is 62.3. The van der Waals surface area contributed by atoms with Gasteiger partial charge in [-0.2, -0.15) is 0 Å². The van der Waals surface area contributed by atoms with Crippen LogP contribution in [0.1, 0.15) is 208 Å². The van der Waals surface area contributed by atoms with Crippen molar-refractivity contribution in [3.8, 4) is 0 Å². The van der Waals surface area contributed by atoms with Gasteiger partial charge in [-0.05, 0) is 178 Å². The number of rotatable bonds is 1. The molecule has 0 spiro atoms. The van der Waals surface area contributed by atoms with Gasteiger partial charge in [0.2, 0.25) is 0 Å². The average molecular weight is 870 g/mol. The minimum atomic E-state index is -1.66. The van der Waals surface area contributed by atoms with Crippen molar-refractivity contribution in [2.75, 3.05) is 0 Å². The highest BCUT2D eigenvalue weighted by Gasteiger charge is 2.38. The number of hydrogen-bond donors (Lipinski definition) is 2. The zero-order valence-electron chi connectivity index (χ0n) is 42.2. The summed E-state index contributed by atoms with van der Waals surface area (Å²) in [5, 5.41) is 17.2. The van der Waals surface area contributed by atoms with Gasteiger partial charge in [-0.15, -0.1) is 0 Å². The number of thiocarbonyl (C=S) groups is 2. The van der Waals surface area contributed by atoms with E-state index in [1.165, 1.54) is 11.8 Å². The van der Waals surface area contributed by atoms with Crippen LogP contribution in [0.15, 0.2) is 0 Å². The maximum Gasteiger partial charge on any atom is 0.634 e. The monoisotopic (exact) mass is 870 g/mol. The van der Waals surface area contributed by atoms with Crippen LogP contribution in [0.5, 0.6) is 0 Å². The Kier molecular flexibility index (Phi) is 24.5. The highest BCUT2D eigenvalue weighted by Crippen LogP contribution is 2.35. The van der Waals surface area contributed by atoms with Crippen LogP contribution in [0.2, 0.25) is 0 Å². The Morgan fingerprint density at radius 2 is 0.714 bits per heavy atom. The van der Waals surface area contributed by atoms with E-state index in [2.05, 4.69) is 181 Å². The molecule has 13 heteroatoms. The number of thioether (sulfide) groups is 2. The molecule has 0 saturated heterocycles. The molecular weight excluding hydrogens is 778 g/mol. The summed E-state index contributed by atoms with van der Waals surface area (Å²) in [6, 6.07) is 0. The van der Waals surface area contributed by atoms with Gasteiger partial charge in [-0.3, -0.25) is 4.79 Å². The zero-order valence-corrected chi connectivity index (χ0v) is 45.4. The summed E-state index contributed by atoms with van der Waals surface area (Å²) in [6.07, 6.45) is 0. The molecule has 0 heterocycles. The smallest absolute Gasteiger partial charge is 0.465 e. The molecule has 0 radical (unpaired) electrons. The molecule has 56 heavy (non-hydrogen) atoms. The molecule has 0 unspecified atom stereocenters. The molecule has 0 atom stereocenters. The minimum Gasteiger partial charge on any atom is -0.465 e. The highest BCUT2D eigenvalue weighted by molar-refractivity contribution is 8.23. The molecule has 0 aromatic carbocycles. The molecule has 0 aromatic rings. The first-order valence-corrected chi connectivity index (χ1v) is 22.3. The van der Waals surface area contributed by atoms with Crippen molar-refractivity contribution in [2.45, 2.75) is 262 Å². The molecule has 1 amide bonds. The number of carbonyl (C=O) groups is 1. The third-order valence-electron chi connectivity index (χ3n) is 6.21. The molecule has 336 valence electrons. The molecule has 0 aliphatic carbocycles. The molecule has 8 nitrogen and oxygen atoms in total. The van der Waals surface area contributed by atoms with E-state index in [1.54, 1.807) is 32.5 Å². The van der Waals surface area contributed by atoms with Crippen molar-refractivity contribution in [2.24, 2.45) is 0 Å². The van der Waals surface area contributed by atoms with Gasteiger partial charge in [0.15, 0.2) is 0 Å². The quantitative estimate of drug-likeness (QED) is 0.195. The molecular formula is C43H92BN3O5S4. The fraction of sp³-hybridized carbons (Fsp3) is 0.930. The maximum absolute atomic E-state index is 12.3. The topological polar surface area (TPSA) is 85.7 Å².